The minimum absolute atomic E-state index is 0.202. The molecular formula is C16H31N3O. The predicted molar refractivity (Wildman–Crippen MR) is 82.5 cm³/mol. The topological polar surface area (TPSA) is 49.6 Å². The molecule has 2 aliphatic rings. The smallest absolute Gasteiger partial charge is 0.242 e. The van der Waals surface area contributed by atoms with Gasteiger partial charge in [-0.3, -0.25) is 9.69 Å². The fraction of sp³-hybridized carbons (Fsp3) is 0.938. The van der Waals surface area contributed by atoms with Gasteiger partial charge in [0.1, 0.15) is 0 Å². The van der Waals surface area contributed by atoms with Crippen molar-refractivity contribution in [2.45, 2.75) is 64.5 Å². The van der Waals surface area contributed by atoms with Crippen molar-refractivity contribution in [1.29, 1.82) is 0 Å². The van der Waals surface area contributed by atoms with Crippen LogP contribution >= 0.6 is 0 Å². The molecule has 1 aliphatic carbocycles. The van der Waals surface area contributed by atoms with Gasteiger partial charge in [0.2, 0.25) is 5.91 Å². The van der Waals surface area contributed by atoms with Crippen LogP contribution in [0.5, 0.6) is 0 Å². The van der Waals surface area contributed by atoms with E-state index in [9.17, 15) is 4.79 Å². The molecule has 1 heterocycles. The Balaban J connectivity index is 1.91. The number of hydrogen-bond acceptors (Lipinski definition) is 3. The second-order valence-electron chi connectivity index (χ2n) is 6.94. The van der Waals surface area contributed by atoms with Gasteiger partial charge in [-0.15, -0.1) is 0 Å². The van der Waals surface area contributed by atoms with E-state index >= 15 is 0 Å². The van der Waals surface area contributed by atoms with Gasteiger partial charge in [0, 0.05) is 32.2 Å². The van der Waals surface area contributed by atoms with Crippen molar-refractivity contribution in [1.82, 2.24) is 9.80 Å². The fourth-order valence-corrected chi connectivity index (χ4v) is 3.73. The largest absolute Gasteiger partial charge is 0.339 e. The average Bonchev–Trinajstić information content (AvgIpc) is 2.45. The van der Waals surface area contributed by atoms with Crippen LogP contribution in [-0.2, 0) is 4.79 Å². The zero-order valence-corrected chi connectivity index (χ0v) is 13.4. The molecule has 116 valence electrons. The first kappa shape index (κ1) is 15.8. The lowest BCUT2D eigenvalue weighted by atomic mass is 9.76. The molecule has 2 rings (SSSR count). The van der Waals surface area contributed by atoms with Crippen LogP contribution < -0.4 is 5.73 Å². The van der Waals surface area contributed by atoms with Crippen LogP contribution in [0.15, 0.2) is 0 Å². The summed E-state index contributed by atoms with van der Waals surface area (Å²) in [5, 5.41) is 0. The normalized spacial score (nSPS) is 34.0. The summed E-state index contributed by atoms with van der Waals surface area (Å²) < 4.78 is 0. The van der Waals surface area contributed by atoms with E-state index in [1.807, 2.05) is 4.90 Å². The summed E-state index contributed by atoms with van der Waals surface area (Å²) in [5.74, 6) is 0.784. The summed E-state index contributed by atoms with van der Waals surface area (Å²) in [6.45, 7) is 10.4. The van der Waals surface area contributed by atoms with E-state index in [1.165, 1.54) is 12.8 Å². The third-order valence-electron chi connectivity index (χ3n) is 5.27. The van der Waals surface area contributed by atoms with Gasteiger partial charge in [-0.1, -0.05) is 26.7 Å². The Morgan fingerprint density at radius 2 is 2.00 bits per heavy atom. The quantitative estimate of drug-likeness (QED) is 0.858. The lowest BCUT2D eigenvalue weighted by Crippen LogP contribution is -2.61. The first-order valence-corrected chi connectivity index (χ1v) is 8.28. The van der Waals surface area contributed by atoms with Gasteiger partial charge < -0.3 is 10.6 Å². The highest BCUT2D eigenvalue weighted by atomic mass is 16.2. The number of piperazine rings is 1. The number of nitrogens with zero attached hydrogens (tertiary/aromatic N) is 2. The standard InChI is InChI=1S/C16H31N3O/c1-4-14(3)18-8-10-19(11-9-18)15(20)16(17)7-5-6-13(2)12-16/h13-14H,4-12,17H2,1-3H3. The maximum atomic E-state index is 12.7. The summed E-state index contributed by atoms with van der Waals surface area (Å²) in [6, 6.07) is 0.619. The van der Waals surface area contributed by atoms with Gasteiger partial charge in [-0.2, -0.15) is 0 Å². The van der Waals surface area contributed by atoms with Gasteiger partial charge in [-0.25, -0.2) is 0 Å². The van der Waals surface area contributed by atoms with E-state index in [0.29, 0.717) is 12.0 Å². The molecule has 3 unspecified atom stereocenters. The minimum Gasteiger partial charge on any atom is -0.339 e. The van der Waals surface area contributed by atoms with Gasteiger partial charge in [0.15, 0.2) is 0 Å². The molecule has 2 fully saturated rings. The Labute approximate surface area is 123 Å². The first-order valence-electron chi connectivity index (χ1n) is 8.28. The van der Waals surface area contributed by atoms with Crippen molar-refractivity contribution >= 4 is 5.91 Å². The van der Waals surface area contributed by atoms with Gasteiger partial charge >= 0.3 is 0 Å². The van der Waals surface area contributed by atoms with Crippen LogP contribution in [0, 0.1) is 5.92 Å². The molecule has 0 radical (unpaired) electrons. The maximum Gasteiger partial charge on any atom is 0.242 e. The number of rotatable bonds is 3. The summed E-state index contributed by atoms with van der Waals surface area (Å²) in [5.41, 5.74) is 5.85. The molecule has 0 aromatic heterocycles. The Morgan fingerprint density at radius 3 is 2.55 bits per heavy atom. The zero-order valence-electron chi connectivity index (χ0n) is 13.4. The zero-order chi connectivity index (χ0) is 14.8. The summed E-state index contributed by atoms with van der Waals surface area (Å²) in [6.07, 6.45) is 5.20. The second kappa shape index (κ2) is 6.44. The molecule has 2 N–H and O–H groups in total. The number of hydrogen-bond donors (Lipinski definition) is 1. The second-order valence-corrected chi connectivity index (χ2v) is 6.94. The van der Waals surface area contributed by atoms with Gasteiger partial charge in [-0.05, 0) is 32.1 Å². The summed E-state index contributed by atoms with van der Waals surface area (Å²) in [7, 11) is 0. The molecule has 1 saturated heterocycles. The highest BCUT2D eigenvalue weighted by Crippen LogP contribution is 2.32. The first-order chi connectivity index (χ1) is 9.46. The lowest BCUT2D eigenvalue weighted by Gasteiger charge is -2.43. The fourth-order valence-electron chi connectivity index (χ4n) is 3.73. The molecule has 3 atom stereocenters. The Kier molecular flexibility index (Phi) is 5.08. The maximum absolute atomic E-state index is 12.7. The van der Waals surface area contributed by atoms with Crippen LogP contribution in [0.2, 0.25) is 0 Å². The molecule has 1 aliphatic heterocycles. The minimum atomic E-state index is -0.587. The van der Waals surface area contributed by atoms with Crippen LogP contribution in [0.25, 0.3) is 0 Å². The molecule has 4 nitrogen and oxygen atoms in total. The average molecular weight is 281 g/mol. The number of nitrogens with two attached hydrogens (primary N) is 1. The molecule has 0 aromatic rings. The molecule has 0 bridgehead atoms. The third kappa shape index (κ3) is 3.34. The molecule has 20 heavy (non-hydrogen) atoms. The third-order valence-corrected chi connectivity index (χ3v) is 5.27. The van der Waals surface area contributed by atoms with Crippen LogP contribution in [0.3, 0.4) is 0 Å². The molecule has 4 heteroatoms. The monoisotopic (exact) mass is 281 g/mol. The van der Waals surface area contributed by atoms with E-state index in [4.69, 9.17) is 5.73 Å². The van der Waals surface area contributed by atoms with E-state index in [2.05, 4.69) is 25.7 Å². The molecule has 1 saturated carbocycles. The van der Waals surface area contributed by atoms with Crippen LogP contribution in [-0.4, -0.2) is 53.5 Å². The van der Waals surface area contributed by atoms with Crippen LogP contribution in [0.4, 0.5) is 0 Å². The van der Waals surface area contributed by atoms with Crippen molar-refractivity contribution in [3.8, 4) is 0 Å². The highest BCUT2D eigenvalue weighted by molar-refractivity contribution is 5.86. The van der Waals surface area contributed by atoms with Crippen molar-refractivity contribution in [2.75, 3.05) is 26.2 Å². The Hall–Kier alpha value is -0.610. The Morgan fingerprint density at radius 1 is 1.35 bits per heavy atom. The predicted octanol–water partition coefficient (Wildman–Crippen LogP) is 1.84. The molecule has 0 aromatic carbocycles. The van der Waals surface area contributed by atoms with Crippen molar-refractivity contribution in [3.63, 3.8) is 0 Å². The van der Waals surface area contributed by atoms with Crippen molar-refractivity contribution in [3.05, 3.63) is 0 Å². The van der Waals surface area contributed by atoms with Crippen molar-refractivity contribution in [2.24, 2.45) is 11.7 Å². The van der Waals surface area contributed by atoms with Crippen molar-refractivity contribution < 1.29 is 4.79 Å². The van der Waals surface area contributed by atoms with E-state index in [-0.39, 0.29) is 5.91 Å². The molecular weight excluding hydrogens is 250 g/mol. The number of carbonyl (C=O) groups is 1. The summed E-state index contributed by atoms with van der Waals surface area (Å²) in [4.78, 5) is 17.2. The highest BCUT2D eigenvalue weighted by Gasteiger charge is 2.41. The lowest BCUT2D eigenvalue weighted by molar-refractivity contribution is -0.141. The molecule has 0 spiro atoms. The van der Waals surface area contributed by atoms with E-state index < -0.39 is 5.54 Å². The number of amides is 1. The Bertz CT molecular complexity index is 339. The summed E-state index contributed by atoms with van der Waals surface area (Å²) >= 11 is 0. The van der Waals surface area contributed by atoms with E-state index in [0.717, 1.165) is 45.4 Å². The number of carbonyl (C=O) groups excluding carboxylic acids is 1. The van der Waals surface area contributed by atoms with Gasteiger partial charge in [0.25, 0.3) is 0 Å². The molecule has 1 amide bonds. The SMILES string of the molecule is CCC(C)N1CCN(C(=O)C2(N)CCCC(C)C2)CC1. The van der Waals surface area contributed by atoms with Crippen LogP contribution in [0.1, 0.15) is 52.9 Å². The van der Waals surface area contributed by atoms with Gasteiger partial charge in [0.05, 0.1) is 5.54 Å². The van der Waals surface area contributed by atoms with E-state index in [1.54, 1.807) is 0 Å².